The normalized spacial score (nSPS) is 9.55. The number of aromatic amines is 1. The van der Waals surface area contributed by atoms with E-state index in [2.05, 4.69) is 15.6 Å². The van der Waals surface area contributed by atoms with Gasteiger partial charge in [0, 0.05) is 0 Å². The summed E-state index contributed by atoms with van der Waals surface area (Å²) >= 11 is 5.16. The Morgan fingerprint density at radius 2 is 2.64 bits per heavy atom. The summed E-state index contributed by atoms with van der Waals surface area (Å²) in [6, 6.07) is 0. The molecule has 1 amide bonds. The van der Waals surface area contributed by atoms with Crippen molar-refractivity contribution in [3.63, 3.8) is 0 Å². The van der Waals surface area contributed by atoms with E-state index in [1.54, 1.807) is 0 Å². The van der Waals surface area contributed by atoms with E-state index in [9.17, 15) is 9.59 Å². The molecule has 6 nitrogen and oxygen atoms in total. The third-order valence-corrected chi connectivity index (χ3v) is 1.16. The molecule has 1 aromatic rings. The van der Waals surface area contributed by atoms with E-state index in [4.69, 9.17) is 11.6 Å². The number of nitrogens with zero attached hydrogens (tertiary/aromatic N) is 2. The lowest BCUT2D eigenvalue weighted by atomic mass is 10.7. The molecule has 1 aromatic heterocycles. The number of aromatic nitrogens is 3. The third kappa shape index (κ3) is 1.81. The van der Waals surface area contributed by atoms with Crippen LogP contribution in [0.25, 0.3) is 0 Å². The first kappa shape index (κ1) is 7.80. The third-order valence-electron chi connectivity index (χ3n) is 0.919. The molecule has 0 radical (unpaired) electrons. The summed E-state index contributed by atoms with van der Waals surface area (Å²) in [6.07, 6.45) is 1.15. The number of H-pyrrole nitrogens is 1. The van der Waals surface area contributed by atoms with Crippen molar-refractivity contribution in [2.45, 2.75) is 0 Å². The Morgan fingerprint density at radius 3 is 3.09 bits per heavy atom. The molecule has 0 aliphatic heterocycles. The lowest BCUT2D eigenvalue weighted by Crippen LogP contribution is -2.31. The van der Waals surface area contributed by atoms with Crippen LogP contribution in [0.1, 0.15) is 0 Å². The first-order valence-corrected chi connectivity index (χ1v) is 3.25. The number of rotatable bonds is 2. The van der Waals surface area contributed by atoms with Gasteiger partial charge in [0.1, 0.15) is 12.2 Å². The Labute approximate surface area is 66.1 Å². The van der Waals surface area contributed by atoms with Crippen molar-refractivity contribution in [2.75, 3.05) is 11.3 Å². The van der Waals surface area contributed by atoms with Gasteiger partial charge in [0.15, 0.2) is 0 Å². The number of alkyl halides is 1. The van der Waals surface area contributed by atoms with E-state index < -0.39 is 11.6 Å². The zero-order valence-corrected chi connectivity index (χ0v) is 6.13. The van der Waals surface area contributed by atoms with E-state index in [0.29, 0.717) is 0 Å². The van der Waals surface area contributed by atoms with E-state index in [0.717, 1.165) is 11.0 Å². The highest BCUT2D eigenvalue weighted by Crippen LogP contribution is 1.75. The van der Waals surface area contributed by atoms with Crippen LogP contribution in [-0.4, -0.2) is 26.7 Å². The fraction of sp³-hybridized carbons (Fsp3) is 0.250. The maximum absolute atomic E-state index is 10.7. The first-order valence-electron chi connectivity index (χ1n) is 2.72. The molecule has 2 N–H and O–H groups in total. The predicted octanol–water partition coefficient (Wildman–Crippen LogP) is -1.12. The molecule has 1 rings (SSSR count). The molecule has 0 saturated heterocycles. The average molecular weight is 177 g/mol. The van der Waals surface area contributed by atoms with Gasteiger partial charge in [-0.1, -0.05) is 0 Å². The maximum Gasteiger partial charge on any atom is 0.362 e. The molecule has 0 unspecified atom stereocenters. The van der Waals surface area contributed by atoms with Crippen LogP contribution in [-0.2, 0) is 4.79 Å². The summed E-state index contributed by atoms with van der Waals surface area (Å²) in [5, 5.41) is 5.47. The van der Waals surface area contributed by atoms with Crippen LogP contribution < -0.4 is 11.1 Å². The molecule has 0 bridgehead atoms. The van der Waals surface area contributed by atoms with E-state index in [1.807, 2.05) is 0 Å². The Bertz CT molecular complexity index is 303. The largest absolute Gasteiger partial charge is 0.362 e. The van der Waals surface area contributed by atoms with E-state index >= 15 is 0 Å². The molecule has 1 heterocycles. The minimum Gasteiger partial charge on any atom is -0.272 e. The number of carbonyl (C=O) groups excluding carboxylic acids is 1. The maximum atomic E-state index is 10.7. The van der Waals surface area contributed by atoms with Gasteiger partial charge in [-0.2, -0.15) is 9.77 Å². The molecular weight excluding hydrogens is 172 g/mol. The second-order valence-electron chi connectivity index (χ2n) is 1.70. The fourth-order valence-corrected chi connectivity index (χ4v) is 0.552. The molecule has 0 saturated carbocycles. The molecule has 0 aliphatic rings. The Morgan fingerprint density at radius 1 is 1.91 bits per heavy atom. The van der Waals surface area contributed by atoms with Crippen molar-refractivity contribution in [3.05, 3.63) is 16.8 Å². The van der Waals surface area contributed by atoms with Gasteiger partial charge in [-0.15, -0.1) is 11.6 Å². The zero-order valence-electron chi connectivity index (χ0n) is 5.37. The zero-order chi connectivity index (χ0) is 8.27. The summed E-state index contributed by atoms with van der Waals surface area (Å²) in [7, 11) is 0. The molecule has 0 spiro atoms. The molecule has 11 heavy (non-hydrogen) atoms. The topological polar surface area (TPSA) is 79.8 Å². The summed E-state index contributed by atoms with van der Waals surface area (Å²) in [5.74, 6) is -0.660. The molecule has 7 heteroatoms. The molecule has 0 aromatic carbocycles. The van der Waals surface area contributed by atoms with Crippen molar-refractivity contribution in [2.24, 2.45) is 0 Å². The fourth-order valence-electron chi connectivity index (χ4n) is 0.492. The minimum atomic E-state index is -0.511. The molecule has 0 atom stereocenters. The number of hydrogen-bond acceptors (Lipinski definition) is 3. The van der Waals surface area contributed by atoms with Crippen LogP contribution in [0.4, 0.5) is 0 Å². The summed E-state index contributed by atoms with van der Waals surface area (Å²) in [5.41, 5.74) is 1.67. The highest BCUT2D eigenvalue weighted by Gasteiger charge is 2.00. The van der Waals surface area contributed by atoms with Crippen molar-refractivity contribution in [1.82, 2.24) is 14.9 Å². The minimum absolute atomic E-state index is 0.197. The monoisotopic (exact) mass is 176 g/mol. The van der Waals surface area contributed by atoms with Gasteiger partial charge in [0.2, 0.25) is 0 Å². The average Bonchev–Trinajstić information content (AvgIpc) is 2.37. The van der Waals surface area contributed by atoms with Crippen LogP contribution in [0, 0.1) is 0 Å². The van der Waals surface area contributed by atoms with Crippen molar-refractivity contribution in [3.8, 4) is 0 Å². The van der Waals surface area contributed by atoms with Gasteiger partial charge >= 0.3 is 5.69 Å². The van der Waals surface area contributed by atoms with Gasteiger partial charge in [0.25, 0.3) is 5.91 Å². The van der Waals surface area contributed by atoms with E-state index in [-0.39, 0.29) is 5.88 Å². The van der Waals surface area contributed by atoms with Crippen LogP contribution in [0.2, 0.25) is 0 Å². The van der Waals surface area contributed by atoms with Gasteiger partial charge in [-0.3, -0.25) is 10.2 Å². The number of carbonyl (C=O) groups is 1. The van der Waals surface area contributed by atoms with Gasteiger partial charge in [0.05, 0.1) is 0 Å². The van der Waals surface area contributed by atoms with E-state index in [1.165, 1.54) is 0 Å². The van der Waals surface area contributed by atoms with Gasteiger partial charge in [-0.05, 0) is 0 Å². The van der Waals surface area contributed by atoms with Crippen LogP contribution in [0.15, 0.2) is 11.1 Å². The number of nitrogens with one attached hydrogen (secondary N) is 2. The quantitative estimate of drug-likeness (QED) is 0.561. The Kier molecular flexibility index (Phi) is 2.27. The van der Waals surface area contributed by atoms with Crippen molar-refractivity contribution < 1.29 is 4.79 Å². The highest BCUT2D eigenvalue weighted by molar-refractivity contribution is 6.28. The molecule has 0 aliphatic carbocycles. The number of amides is 1. The lowest BCUT2D eigenvalue weighted by Gasteiger charge is -1.98. The second-order valence-corrected chi connectivity index (χ2v) is 1.97. The summed E-state index contributed by atoms with van der Waals surface area (Å²) < 4.78 is 0.907. The smallest absolute Gasteiger partial charge is 0.272 e. The van der Waals surface area contributed by atoms with Crippen LogP contribution >= 0.6 is 11.6 Å². The first-order chi connectivity index (χ1) is 5.24. The molecular formula is C4H5ClN4O2. The van der Waals surface area contributed by atoms with Gasteiger partial charge < -0.3 is 0 Å². The standard InChI is InChI=1S/C4H5ClN4O2/c5-1-3(10)8-9-2-6-7-4(9)11/h2H,1H2,(H,7,11)(H,8,10). The Hall–Kier alpha value is -1.30. The molecule has 0 fully saturated rings. The Balaban J connectivity index is 2.72. The molecule has 60 valence electrons. The highest BCUT2D eigenvalue weighted by atomic mass is 35.5. The van der Waals surface area contributed by atoms with Crippen molar-refractivity contribution in [1.29, 1.82) is 0 Å². The van der Waals surface area contributed by atoms with Crippen LogP contribution in [0.3, 0.4) is 0 Å². The summed E-state index contributed by atoms with van der Waals surface area (Å²) in [4.78, 5) is 21.2. The van der Waals surface area contributed by atoms with Crippen molar-refractivity contribution >= 4 is 17.5 Å². The predicted molar refractivity (Wildman–Crippen MR) is 37.9 cm³/mol. The van der Waals surface area contributed by atoms with Gasteiger partial charge in [-0.25, -0.2) is 9.89 Å². The summed E-state index contributed by atoms with van der Waals surface area (Å²) in [6.45, 7) is 0. The number of hydrogen-bond donors (Lipinski definition) is 2. The number of halogens is 1. The SMILES string of the molecule is O=C(CCl)Nn1cn[nH]c1=O. The lowest BCUT2D eigenvalue weighted by molar-refractivity contribution is -0.114. The van der Waals surface area contributed by atoms with Crippen LogP contribution in [0.5, 0.6) is 0 Å². The second kappa shape index (κ2) is 3.20.